The van der Waals surface area contributed by atoms with Crippen LogP contribution in [0, 0.1) is 25.7 Å². The highest BCUT2D eigenvalue weighted by molar-refractivity contribution is 5.70. The number of aliphatic carboxylic acids is 1. The molecule has 1 atom stereocenters. The minimum Gasteiger partial charge on any atom is -0.493 e. The second-order valence-electron chi connectivity index (χ2n) is 5.05. The highest BCUT2D eigenvalue weighted by Gasteiger charge is 2.21. The van der Waals surface area contributed by atoms with Crippen molar-refractivity contribution in [2.45, 2.75) is 34.1 Å². The molecule has 0 heterocycles. The molecule has 0 amide bonds. The minimum absolute atomic E-state index is 0.129. The summed E-state index contributed by atoms with van der Waals surface area (Å²) in [5.74, 6) is -0.0705. The SMILES string of the molecule is Cc1cccc(C)c1OCCC(C(=O)O)C(C)C. The molecule has 0 radical (unpaired) electrons. The highest BCUT2D eigenvalue weighted by Crippen LogP contribution is 2.23. The van der Waals surface area contributed by atoms with Gasteiger partial charge in [0.2, 0.25) is 0 Å². The number of carbonyl (C=O) groups is 1. The van der Waals surface area contributed by atoms with Gasteiger partial charge in [-0.15, -0.1) is 0 Å². The molecule has 100 valence electrons. The molecule has 0 fully saturated rings. The fraction of sp³-hybridized carbons (Fsp3) is 0.533. The fourth-order valence-electron chi connectivity index (χ4n) is 2.06. The van der Waals surface area contributed by atoms with Crippen molar-refractivity contribution in [3.63, 3.8) is 0 Å². The summed E-state index contributed by atoms with van der Waals surface area (Å²) in [4.78, 5) is 11.1. The lowest BCUT2D eigenvalue weighted by molar-refractivity contribution is -0.143. The topological polar surface area (TPSA) is 46.5 Å². The zero-order valence-electron chi connectivity index (χ0n) is 11.6. The van der Waals surface area contributed by atoms with Crippen LogP contribution in [0.3, 0.4) is 0 Å². The molecule has 1 N–H and O–H groups in total. The first-order valence-electron chi connectivity index (χ1n) is 6.35. The van der Waals surface area contributed by atoms with Gasteiger partial charge < -0.3 is 9.84 Å². The minimum atomic E-state index is -0.741. The van der Waals surface area contributed by atoms with Crippen LogP contribution in [0.15, 0.2) is 18.2 Å². The quantitative estimate of drug-likeness (QED) is 0.841. The maximum atomic E-state index is 11.1. The number of benzene rings is 1. The molecule has 1 rings (SSSR count). The predicted octanol–water partition coefficient (Wildman–Crippen LogP) is 3.43. The van der Waals surface area contributed by atoms with Crippen molar-refractivity contribution in [2.24, 2.45) is 11.8 Å². The van der Waals surface area contributed by atoms with Crippen molar-refractivity contribution in [3.05, 3.63) is 29.3 Å². The van der Waals surface area contributed by atoms with Crippen LogP contribution in [0.25, 0.3) is 0 Å². The van der Waals surface area contributed by atoms with E-state index >= 15 is 0 Å². The molecule has 1 unspecified atom stereocenters. The second-order valence-corrected chi connectivity index (χ2v) is 5.05. The zero-order chi connectivity index (χ0) is 13.7. The van der Waals surface area contributed by atoms with E-state index in [0.717, 1.165) is 16.9 Å². The molecule has 0 aliphatic rings. The molecule has 1 aromatic rings. The molecule has 0 spiro atoms. The average Bonchev–Trinajstić information content (AvgIpc) is 2.26. The summed E-state index contributed by atoms with van der Waals surface area (Å²) in [5.41, 5.74) is 2.18. The Balaban J connectivity index is 2.58. The molecule has 3 heteroatoms. The van der Waals surface area contributed by atoms with Crippen molar-refractivity contribution in [1.29, 1.82) is 0 Å². The largest absolute Gasteiger partial charge is 0.493 e. The van der Waals surface area contributed by atoms with Crippen LogP contribution in [-0.4, -0.2) is 17.7 Å². The van der Waals surface area contributed by atoms with Crippen LogP contribution in [0.1, 0.15) is 31.4 Å². The maximum absolute atomic E-state index is 11.1. The van der Waals surface area contributed by atoms with Crippen LogP contribution in [0.2, 0.25) is 0 Å². The lowest BCUT2D eigenvalue weighted by atomic mass is 9.93. The van der Waals surface area contributed by atoms with E-state index < -0.39 is 5.97 Å². The monoisotopic (exact) mass is 250 g/mol. The van der Waals surface area contributed by atoms with Gasteiger partial charge in [-0.05, 0) is 37.3 Å². The highest BCUT2D eigenvalue weighted by atomic mass is 16.5. The third-order valence-electron chi connectivity index (χ3n) is 3.21. The molecular formula is C15H22O3. The number of carboxylic acids is 1. The smallest absolute Gasteiger partial charge is 0.306 e. The van der Waals surface area contributed by atoms with E-state index in [9.17, 15) is 4.79 Å². The van der Waals surface area contributed by atoms with E-state index in [4.69, 9.17) is 9.84 Å². The van der Waals surface area contributed by atoms with Crippen LogP contribution in [-0.2, 0) is 4.79 Å². The summed E-state index contributed by atoms with van der Waals surface area (Å²) in [6.07, 6.45) is 0.542. The van der Waals surface area contributed by atoms with Gasteiger partial charge in [0.15, 0.2) is 0 Å². The maximum Gasteiger partial charge on any atom is 0.306 e. The summed E-state index contributed by atoms with van der Waals surface area (Å²) in [6.45, 7) is 8.30. The Kier molecular flexibility index (Phi) is 5.20. The first kappa shape index (κ1) is 14.6. The lowest BCUT2D eigenvalue weighted by Gasteiger charge is -2.17. The number of hydrogen-bond acceptors (Lipinski definition) is 2. The lowest BCUT2D eigenvalue weighted by Crippen LogP contribution is -2.22. The molecule has 0 saturated heterocycles. The zero-order valence-corrected chi connectivity index (χ0v) is 11.6. The third kappa shape index (κ3) is 3.76. The summed E-state index contributed by atoms with van der Waals surface area (Å²) in [5, 5.41) is 9.09. The molecule has 3 nitrogen and oxygen atoms in total. The number of ether oxygens (including phenoxy) is 1. The van der Waals surface area contributed by atoms with Crippen molar-refractivity contribution < 1.29 is 14.6 Å². The van der Waals surface area contributed by atoms with E-state index in [1.165, 1.54) is 0 Å². The van der Waals surface area contributed by atoms with Crippen LogP contribution >= 0.6 is 0 Å². The Morgan fingerprint density at radius 1 is 1.28 bits per heavy atom. The molecule has 1 aromatic carbocycles. The summed E-state index contributed by atoms with van der Waals surface area (Å²) in [6, 6.07) is 5.99. The van der Waals surface area contributed by atoms with Crippen molar-refractivity contribution in [3.8, 4) is 5.75 Å². The summed E-state index contributed by atoms with van der Waals surface area (Å²) < 4.78 is 5.74. The number of hydrogen-bond donors (Lipinski definition) is 1. The second kappa shape index (κ2) is 6.43. The van der Waals surface area contributed by atoms with E-state index in [1.54, 1.807) is 0 Å². The number of aryl methyl sites for hydroxylation is 2. The first-order chi connectivity index (χ1) is 8.43. The number of carboxylic acid groups (broad SMARTS) is 1. The van der Waals surface area contributed by atoms with Crippen molar-refractivity contribution >= 4 is 5.97 Å². The van der Waals surface area contributed by atoms with Gasteiger partial charge >= 0.3 is 5.97 Å². The predicted molar refractivity (Wildman–Crippen MR) is 72.0 cm³/mol. The van der Waals surface area contributed by atoms with E-state index in [-0.39, 0.29) is 11.8 Å². The van der Waals surface area contributed by atoms with Gasteiger partial charge in [-0.25, -0.2) is 0 Å². The Morgan fingerprint density at radius 2 is 1.83 bits per heavy atom. The Bertz CT molecular complexity index is 390. The Hall–Kier alpha value is -1.51. The molecule has 0 aliphatic heterocycles. The molecule has 0 aliphatic carbocycles. The normalized spacial score (nSPS) is 12.5. The van der Waals surface area contributed by atoms with Gasteiger partial charge in [-0.3, -0.25) is 4.79 Å². The molecule has 0 bridgehead atoms. The van der Waals surface area contributed by atoms with Gasteiger partial charge in [0.1, 0.15) is 5.75 Å². The summed E-state index contributed by atoms with van der Waals surface area (Å²) >= 11 is 0. The molecule has 0 aromatic heterocycles. The van der Waals surface area contributed by atoms with Gasteiger partial charge in [-0.2, -0.15) is 0 Å². The van der Waals surface area contributed by atoms with Gasteiger partial charge in [0.05, 0.1) is 12.5 Å². The summed E-state index contributed by atoms with van der Waals surface area (Å²) in [7, 11) is 0. The number of para-hydroxylation sites is 1. The van der Waals surface area contributed by atoms with Crippen LogP contribution < -0.4 is 4.74 Å². The first-order valence-corrected chi connectivity index (χ1v) is 6.35. The van der Waals surface area contributed by atoms with Gasteiger partial charge in [0.25, 0.3) is 0 Å². The van der Waals surface area contributed by atoms with E-state index in [0.29, 0.717) is 13.0 Å². The molecule has 0 saturated carbocycles. The number of rotatable bonds is 6. The fourth-order valence-corrected chi connectivity index (χ4v) is 2.06. The molecule has 18 heavy (non-hydrogen) atoms. The van der Waals surface area contributed by atoms with Crippen molar-refractivity contribution in [1.82, 2.24) is 0 Å². The van der Waals surface area contributed by atoms with Crippen LogP contribution in [0.4, 0.5) is 0 Å². The third-order valence-corrected chi connectivity index (χ3v) is 3.21. The van der Waals surface area contributed by atoms with Gasteiger partial charge in [-0.1, -0.05) is 32.0 Å². The average molecular weight is 250 g/mol. The Morgan fingerprint density at radius 3 is 2.28 bits per heavy atom. The Labute approximate surface area is 109 Å². The standard InChI is InChI=1S/C15H22O3/c1-10(2)13(15(16)17)8-9-18-14-11(3)6-5-7-12(14)4/h5-7,10,13H,8-9H2,1-4H3,(H,16,17). The van der Waals surface area contributed by atoms with Crippen molar-refractivity contribution in [2.75, 3.05) is 6.61 Å². The van der Waals surface area contributed by atoms with Gasteiger partial charge in [0, 0.05) is 0 Å². The van der Waals surface area contributed by atoms with Crippen LogP contribution in [0.5, 0.6) is 5.75 Å². The molecular weight excluding hydrogens is 228 g/mol. The van der Waals surface area contributed by atoms with E-state index in [2.05, 4.69) is 0 Å². The van der Waals surface area contributed by atoms with E-state index in [1.807, 2.05) is 45.9 Å².